The van der Waals surface area contributed by atoms with Crippen LogP contribution in [-0.2, 0) is 6.42 Å². The van der Waals surface area contributed by atoms with Crippen LogP contribution in [0, 0.1) is 13.8 Å². The lowest BCUT2D eigenvalue weighted by Crippen LogP contribution is -2.12. The molecule has 0 radical (unpaired) electrons. The summed E-state index contributed by atoms with van der Waals surface area (Å²) in [6, 6.07) is 10.3. The molecule has 0 aliphatic rings. The molecule has 3 aromatic rings. The van der Waals surface area contributed by atoms with Gasteiger partial charge in [0.1, 0.15) is 17.1 Å². The molecule has 1 heterocycles. The molecule has 0 N–H and O–H groups in total. The Labute approximate surface area is 176 Å². The highest BCUT2D eigenvalue weighted by Crippen LogP contribution is 2.30. The zero-order valence-electron chi connectivity index (χ0n) is 18.0. The molecule has 0 aliphatic carbocycles. The Morgan fingerprint density at radius 1 is 0.967 bits per heavy atom. The van der Waals surface area contributed by atoms with Crippen molar-refractivity contribution in [3.8, 4) is 11.5 Å². The molecular weight excluding hydrogens is 380 g/mol. The quantitative estimate of drug-likeness (QED) is 0.205. The van der Waals surface area contributed by atoms with Crippen LogP contribution in [-0.4, -0.2) is 13.1 Å². The second-order valence-corrected chi connectivity index (χ2v) is 7.49. The Hall–Kier alpha value is -3.08. The fraction of sp³-hybridized carbons (Fsp3) is 0.360. The highest BCUT2D eigenvalue weighted by molar-refractivity contribution is 5.93. The summed E-state index contributed by atoms with van der Waals surface area (Å²) in [6.45, 7) is 5.91. The van der Waals surface area contributed by atoms with E-state index in [4.69, 9.17) is 13.9 Å². The average molecular weight is 408 g/mol. The number of unbranched alkanes of at least 4 members (excludes halogenated alkanes) is 3. The van der Waals surface area contributed by atoms with E-state index >= 15 is 0 Å². The van der Waals surface area contributed by atoms with E-state index < -0.39 is 5.97 Å². The molecule has 0 aliphatic heterocycles. The number of esters is 1. The average Bonchev–Trinajstić information content (AvgIpc) is 2.75. The number of aryl methyl sites for hydroxylation is 2. The number of carbonyl (C=O) groups is 1. The molecule has 30 heavy (non-hydrogen) atoms. The van der Waals surface area contributed by atoms with Crippen molar-refractivity contribution in [3.63, 3.8) is 0 Å². The predicted molar refractivity (Wildman–Crippen MR) is 118 cm³/mol. The van der Waals surface area contributed by atoms with Gasteiger partial charge in [0.25, 0.3) is 0 Å². The lowest BCUT2D eigenvalue weighted by molar-refractivity contribution is 0.0733. The largest absolute Gasteiger partial charge is 0.497 e. The third-order valence-electron chi connectivity index (χ3n) is 5.46. The monoisotopic (exact) mass is 408 g/mol. The summed E-state index contributed by atoms with van der Waals surface area (Å²) in [5, 5.41) is 0.877. The van der Waals surface area contributed by atoms with E-state index in [9.17, 15) is 9.59 Å². The minimum atomic E-state index is -0.480. The molecule has 0 bridgehead atoms. The fourth-order valence-corrected chi connectivity index (χ4v) is 3.58. The van der Waals surface area contributed by atoms with Crippen LogP contribution in [0.1, 0.15) is 59.7 Å². The van der Waals surface area contributed by atoms with Crippen molar-refractivity contribution in [2.45, 2.75) is 52.9 Å². The summed E-state index contributed by atoms with van der Waals surface area (Å²) in [5.41, 5.74) is 2.88. The number of ether oxygens (including phenoxy) is 2. The maximum absolute atomic E-state index is 12.6. The fourth-order valence-electron chi connectivity index (χ4n) is 3.58. The minimum Gasteiger partial charge on any atom is -0.497 e. The van der Waals surface area contributed by atoms with Crippen molar-refractivity contribution < 1.29 is 18.7 Å². The summed E-state index contributed by atoms with van der Waals surface area (Å²) in [5.74, 6) is 0.560. The maximum Gasteiger partial charge on any atom is 0.343 e. The molecule has 158 valence electrons. The Kier molecular flexibility index (Phi) is 6.93. The topological polar surface area (TPSA) is 65.7 Å². The van der Waals surface area contributed by atoms with Crippen LogP contribution in [0.15, 0.2) is 45.6 Å². The summed E-state index contributed by atoms with van der Waals surface area (Å²) in [7, 11) is 1.57. The third kappa shape index (κ3) is 4.56. The molecule has 2 aromatic carbocycles. The van der Waals surface area contributed by atoms with Crippen LogP contribution in [0.2, 0.25) is 0 Å². The number of rotatable bonds is 8. The first kappa shape index (κ1) is 21.6. The lowest BCUT2D eigenvalue weighted by atomic mass is 9.99. The first-order valence-electron chi connectivity index (χ1n) is 10.4. The van der Waals surface area contributed by atoms with Gasteiger partial charge in [0, 0.05) is 16.5 Å². The van der Waals surface area contributed by atoms with E-state index in [-0.39, 0.29) is 5.63 Å². The van der Waals surface area contributed by atoms with Crippen molar-refractivity contribution in [1.82, 2.24) is 0 Å². The normalized spacial score (nSPS) is 10.9. The Balaban J connectivity index is 1.88. The van der Waals surface area contributed by atoms with Gasteiger partial charge in [-0.3, -0.25) is 0 Å². The van der Waals surface area contributed by atoms with E-state index in [2.05, 4.69) is 6.92 Å². The third-order valence-corrected chi connectivity index (χ3v) is 5.46. The van der Waals surface area contributed by atoms with Crippen LogP contribution in [0.5, 0.6) is 11.5 Å². The Morgan fingerprint density at radius 2 is 1.70 bits per heavy atom. The molecule has 0 saturated heterocycles. The molecule has 5 nitrogen and oxygen atoms in total. The first-order valence-corrected chi connectivity index (χ1v) is 10.4. The number of methoxy groups -OCH3 is 1. The van der Waals surface area contributed by atoms with Gasteiger partial charge in [-0.2, -0.15) is 0 Å². The van der Waals surface area contributed by atoms with E-state index in [1.807, 2.05) is 13.0 Å². The Bertz CT molecular complexity index is 1090. The SMILES string of the molecule is CCCCCCc1c(C)c2ccc(OC(=O)c3ccc(OC)cc3)c(C)c2oc1=O. The molecule has 0 unspecified atom stereocenters. The van der Waals surface area contributed by atoms with E-state index in [0.717, 1.165) is 42.2 Å². The standard InChI is InChI=1S/C25H28O5/c1-5-6-7-8-9-21-16(2)20-14-15-22(17(3)23(20)30-25(21)27)29-24(26)18-10-12-19(28-4)13-11-18/h10-15H,5-9H2,1-4H3. The highest BCUT2D eigenvalue weighted by Gasteiger charge is 2.17. The minimum absolute atomic E-state index is 0.307. The molecule has 0 amide bonds. The van der Waals surface area contributed by atoms with Crippen molar-refractivity contribution in [1.29, 1.82) is 0 Å². The molecule has 0 spiro atoms. The van der Waals surface area contributed by atoms with Crippen LogP contribution in [0.4, 0.5) is 0 Å². The summed E-state index contributed by atoms with van der Waals surface area (Å²) in [4.78, 5) is 25.1. The molecule has 0 fully saturated rings. The molecule has 1 aromatic heterocycles. The van der Waals surface area contributed by atoms with Gasteiger partial charge in [-0.25, -0.2) is 9.59 Å². The first-order chi connectivity index (χ1) is 14.5. The van der Waals surface area contributed by atoms with Crippen molar-refractivity contribution in [2.75, 3.05) is 7.11 Å². The lowest BCUT2D eigenvalue weighted by Gasteiger charge is -2.12. The van der Waals surface area contributed by atoms with Crippen LogP contribution >= 0.6 is 0 Å². The van der Waals surface area contributed by atoms with Gasteiger partial charge in [0.05, 0.1) is 12.7 Å². The Morgan fingerprint density at radius 3 is 2.37 bits per heavy atom. The highest BCUT2D eigenvalue weighted by atomic mass is 16.5. The van der Waals surface area contributed by atoms with Gasteiger partial charge in [-0.1, -0.05) is 26.2 Å². The number of benzene rings is 2. The van der Waals surface area contributed by atoms with Crippen LogP contribution in [0.3, 0.4) is 0 Å². The van der Waals surface area contributed by atoms with Crippen molar-refractivity contribution in [3.05, 3.63) is 69.1 Å². The van der Waals surface area contributed by atoms with Gasteiger partial charge < -0.3 is 13.9 Å². The number of hydrogen-bond acceptors (Lipinski definition) is 5. The van der Waals surface area contributed by atoms with Gasteiger partial charge in [0.2, 0.25) is 0 Å². The van der Waals surface area contributed by atoms with Crippen molar-refractivity contribution in [2.24, 2.45) is 0 Å². The van der Waals surface area contributed by atoms with E-state index in [1.54, 1.807) is 44.4 Å². The van der Waals surface area contributed by atoms with Gasteiger partial charge >= 0.3 is 11.6 Å². The van der Waals surface area contributed by atoms with E-state index in [1.165, 1.54) is 6.42 Å². The molecule has 5 heteroatoms. The van der Waals surface area contributed by atoms with Crippen LogP contribution < -0.4 is 15.1 Å². The number of fused-ring (bicyclic) bond motifs is 1. The molecule has 3 rings (SSSR count). The second kappa shape index (κ2) is 9.61. The number of hydrogen-bond donors (Lipinski definition) is 0. The van der Waals surface area contributed by atoms with Crippen LogP contribution in [0.25, 0.3) is 11.0 Å². The zero-order chi connectivity index (χ0) is 21.7. The molecule has 0 atom stereocenters. The molecule has 0 saturated carbocycles. The van der Waals surface area contributed by atoms with Gasteiger partial charge in [-0.15, -0.1) is 0 Å². The summed E-state index contributed by atoms with van der Waals surface area (Å²) < 4.78 is 16.3. The van der Waals surface area contributed by atoms with Gasteiger partial charge in [-0.05, 0) is 68.7 Å². The van der Waals surface area contributed by atoms with Gasteiger partial charge in [0.15, 0.2) is 0 Å². The summed E-state index contributed by atoms with van der Waals surface area (Å²) in [6.07, 6.45) is 5.12. The predicted octanol–water partition coefficient (Wildman–Crippen LogP) is 5.76. The maximum atomic E-state index is 12.6. The number of carbonyl (C=O) groups excluding carboxylic acids is 1. The van der Waals surface area contributed by atoms with Crippen molar-refractivity contribution >= 4 is 16.9 Å². The summed E-state index contributed by atoms with van der Waals surface area (Å²) >= 11 is 0. The molecular formula is C25H28O5. The second-order valence-electron chi connectivity index (χ2n) is 7.49. The van der Waals surface area contributed by atoms with E-state index in [0.29, 0.717) is 28.2 Å². The zero-order valence-corrected chi connectivity index (χ0v) is 18.0. The smallest absolute Gasteiger partial charge is 0.343 e.